The van der Waals surface area contributed by atoms with Crippen LogP contribution in [0.2, 0.25) is 0 Å². The molecule has 0 aromatic carbocycles. The van der Waals surface area contributed by atoms with Crippen molar-refractivity contribution in [3.8, 4) is 0 Å². The van der Waals surface area contributed by atoms with Crippen LogP contribution in [0.4, 0.5) is 5.69 Å². The smallest absolute Gasteiger partial charge is 0.0931 e. The van der Waals surface area contributed by atoms with Crippen LogP contribution >= 0.6 is 0 Å². The first-order chi connectivity index (χ1) is 7.72. The average Bonchev–Trinajstić information content (AvgIpc) is 2.77. The summed E-state index contributed by atoms with van der Waals surface area (Å²) >= 11 is 0. The molecule has 1 aromatic rings. The molecule has 0 saturated carbocycles. The largest absolute Gasteiger partial charge is 0.387 e. The second-order valence-corrected chi connectivity index (χ2v) is 4.51. The van der Waals surface area contributed by atoms with Gasteiger partial charge in [-0.05, 0) is 38.3 Å². The van der Waals surface area contributed by atoms with Crippen molar-refractivity contribution in [2.24, 2.45) is 0 Å². The fourth-order valence-electron chi connectivity index (χ4n) is 2.41. The van der Waals surface area contributed by atoms with Crippen molar-refractivity contribution in [3.63, 3.8) is 0 Å². The Balaban J connectivity index is 2.15. The molecule has 3 heteroatoms. The van der Waals surface area contributed by atoms with Gasteiger partial charge in [-0.25, -0.2) is 0 Å². The molecule has 16 heavy (non-hydrogen) atoms. The molecular weight excluding hydrogens is 200 g/mol. The van der Waals surface area contributed by atoms with E-state index in [0.717, 1.165) is 12.2 Å². The lowest BCUT2D eigenvalue weighted by Gasteiger charge is -2.25. The fraction of sp³-hybridized carbons (Fsp3) is 0.615. The third-order valence-corrected chi connectivity index (χ3v) is 3.38. The van der Waals surface area contributed by atoms with Crippen LogP contribution in [0.15, 0.2) is 18.3 Å². The molecule has 0 bridgehead atoms. The summed E-state index contributed by atoms with van der Waals surface area (Å²) in [6.45, 7) is 5.11. The Morgan fingerprint density at radius 1 is 1.56 bits per heavy atom. The Morgan fingerprint density at radius 3 is 2.94 bits per heavy atom. The zero-order valence-electron chi connectivity index (χ0n) is 10.1. The van der Waals surface area contributed by atoms with Gasteiger partial charge in [0, 0.05) is 12.6 Å². The van der Waals surface area contributed by atoms with E-state index >= 15 is 0 Å². The summed E-state index contributed by atoms with van der Waals surface area (Å²) in [6, 6.07) is 4.66. The summed E-state index contributed by atoms with van der Waals surface area (Å²) in [7, 11) is 0. The molecule has 0 amide bonds. The lowest BCUT2D eigenvalue weighted by Crippen LogP contribution is -2.28. The van der Waals surface area contributed by atoms with Crippen LogP contribution in [-0.2, 0) is 0 Å². The number of hydrogen-bond acceptors (Lipinski definition) is 3. The number of aliphatic hydroxyl groups is 1. The van der Waals surface area contributed by atoms with Gasteiger partial charge >= 0.3 is 0 Å². The third-order valence-electron chi connectivity index (χ3n) is 3.38. The fourth-order valence-corrected chi connectivity index (χ4v) is 2.41. The van der Waals surface area contributed by atoms with Gasteiger partial charge in [0.05, 0.1) is 23.7 Å². The number of anilines is 1. The average molecular weight is 220 g/mol. The third kappa shape index (κ3) is 2.19. The summed E-state index contributed by atoms with van der Waals surface area (Å²) < 4.78 is 0. The molecule has 2 heterocycles. The Bertz CT molecular complexity index is 334. The molecule has 0 aliphatic carbocycles. The van der Waals surface area contributed by atoms with E-state index in [9.17, 15) is 5.11 Å². The molecule has 1 aromatic heterocycles. The van der Waals surface area contributed by atoms with Gasteiger partial charge in [-0.2, -0.15) is 0 Å². The van der Waals surface area contributed by atoms with Gasteiger partial charge in [0.25, 0.3) is 0 Å². The van der Waals surface area contributed by atoms with E-state index in [-0.39, 0.29) is 0 Å². The van der Waals surface area contributed by atoms with E-state index in [2.05, 4.69) is 22.9 Å². The van der Waals surface area contributed by atoms with Gasteiger partial charge in [0.1, 0.15) is 0 Å². The van der Waals surface area contributed by atoms with Gasteiger partial charge < -0.3 is 10.0 Å². The van der Waals surface area contributed by atoms with E-state index < -0.39 is 6.10 Å². The molecule has 1 unspecified atom stereocenters. The quantitative estimate of drug-likeness (QED) is 0.850. The number of pyridine rings is 1. The first-order valence-corrected chi connectivity index (χ1v) is 6.13. The zero-order valence-corrected chi connectivity index (χ0v) is 10.1. The minimum Gasteiger partial charge on any atom is -0.387 e. The Morgan fingerprint density at radius 2 is 2.38 bits per heavy atom. The van der Waals surface area contributed by atoms with Crippen LogP contribution in [0.5, 0.6) is 0 Å². The molecule has 1 aliphatic rings. The lowest BCUT2D eigenvalue weighted by atomic mass is 10.1. The van der Waals surface area contributed by atoms with Crippen molar-refractivity contribution in [2.45, 2.75) is 45.3 Å². The number of aliphatic hydroxyl groups excluding tert-OH is 1. The Kier molecular flexibility index (Phi) is 3.44. The normalized spacial score (nSPS) is 22.4. The monoisotopic (exact) mass is 220 g/mol. The molecule has 1 saturated heterocycles. The van der Waals surface area contributed by atoms with Crippen molar-refractivity contribution < 1.29 is 5.11 Å². The topological polar surface area (TPSA) is 36.4 Å². The molecule has 1 aliphatic heterocycles. The van der Waals surface area contributed by atoms with Gasteiger partial charge in [-0.1, -0.05) is 6.92 Å². The van der Waals surface area contributed by atoms with Crippen LogP contribution < -0.4 is 4.90 Å². The van der Waals surface area contributed by atoms with Crippen LogP contribution in [0.25, 0.3) is 0 Å². The number of nitrogens with zero attached hydrogens (tertiary/aromatic N) is 2. The summed E-state index contributed by atoms with van der Waals surface area (Å²) in [6.07, 6.45) is 5.16. The standard InChI is InChI=1S/C13H20N2O/c1-3-11-5-4-8-15(11)12-6-7-13(10(2)16)14-9-12/h6-7,9-11,16H,3-5,8H2,1-2H3/t10-,11?/m0/s1. The highest BCUT2D eigenvalue weighted by atomic mass is 16.3. The van der Waals surface area contributed by atoms with Crippen molar-refractivity contribution >= 4 is 5.69 Å². The second-order valence-electron chi connectivity index (χ2n) is 4.51. The number of rotatable bonds is 3. The van der Waals surface area contributed by atoms with Crippen LogP contribution in [0.1, 0.15) is 44.9 Å². The van der Waals surface area contributed by atoms with Gasteiger partial charge in [0.15, 0.2) is 0 Å². The van der Waals surface area contributed by atoms with Crippen molar-refractivity contribution in [2.75, 3.05) is 11.4 Å². The summed E-state index contributed by atoms with van der Waals surface area (Å²) in [5, 5.41) is 9.40. The minimum atomic E-state index is -0.477. The van der Waals surface area contributed by atoms with Gasteiger partial charge in [-0.3, -0.25) is 4.98 Å². The van der Waals surface area contributed by atoms with Gasteiger partial charge in [-0.15, -0.1) is 0 Å². The molecule has 1 N–H and O–H groups in total. The van der Waals surface area contributed by atoms with Crippen LogP contribution in [0, 0.1) is 0 Å². The summed E-state index contributed by atoms with van der Waals surface area (Å²) in [4.78, 5) is 6.73. The van der Waals surface area contributed by atoms with Crippen LogP contribution in [0.3, 0.4) is 0 Å². The van der Waals surface area contributed by atoms with E-state index in [1.54, 1.807) is 6.92 Å². The maximum absolute atomic E-state index is 9.40. The molecule has 0 radical (unpaired) electrons. The molecule has 88 valence electrons. The highest BCUT2D eigenvalue weighted by molar-refractivity contribution is 5.46. The van der Waals surface area contributed by atoms with Crippen molar-refractivity contribution in [3.05, 3.63) is 24.0 Å². The molecule has 2 rings (SSSR count). The molecular formula is C13H20N2O. The predicted octanol–water partition coefficient (Wildman–Crippen LogP) is 2.51. The lowest BCUT2D eigenvalue weighted by molar-refractivity contribution is 0.194. The SMILES string of the molecule is CCC1CCCN1c1ccc([C@H](C)O)nc1. The predicted molar refractivity (Wildman–Crippen MR) is 65.5 cm³/mol. The van der Waals surface area contributed by atoms with E-state index in [4.69, 9.17) is 0 Å². The second kappa shape index (κ2) is 4.83. The van der Waals surface area contributed by atoms with Gasteiger partial charge in [0.2, 0.25) is 0 Å². The first-order valence-electron chi connectivity index (χ1n) is 6.13. The van der Waals surface area contributed by atoms with Crippen molar-refractivity contribution in [1.29, 1.82) is 0 Å². The summed E-state index contributed by atoms with van der Waals surface area (Å²) in [5.74, 6) is 0. The zero-order chi connectivity index (χ0) is 11.5. The molecule has 0 spiro atoms. The minimum absolute atomic E-state index is 0.477. The van der Waals surface area contributed by atoms with E-state index in [1.165, 1.54) is 24.9 Å². The Hall–Kier alpha value is -1.09. The highest BCUT2D eigenvalue weighted by Gasteiger charge is 2.23. The maximum Gasteiger partial charge on any atom is 0.0931 e. The molecule has 3 nitrogen and oxygen atoms in total. The van der Waals surface area contributed by atoms with Crippen molar-refractivity contribution in [1.82, 2.24) is 4.98 Å². The van der Waals surface area contributed by atoms with E-state index in [1.807, 2.05) is 12.3 Å². The number of hydrogen-bond donors (Lipinski definition) is 1. The molecule has 2 atom stereocenters. The Labute approximate surface area is 97.1 Å². The van der Waals surface area contributed by atoms with Crippen LogP contribution in [-0.4, -0.2) is 22.7 Å². The summed E-state index contributed by atoms with van der Waals surface area (Å²) in [5.41, 5.74) is 1.93. The first kappa shape index (κ1) is 11.4. The maximum atomic E-state index is 9.40. The number of aromatic nitrogens is 1. The molecule has 1 fully saturated rings. The van der Waals surface area contributed by atoms with E-state index in [0.29, 0.717) is 6.04 Å². The highest BCUT2D eigenvalue weighted by Crippen LogP contribution is 2.27.